The summed E-state index contributed by atoms with van der Waals surface area (Å²) in [4.78, 5) is 18.3. The molecular weight excluding hydrogens is 458 g/mol. The normalized spacial score (nSPS) is 11.9. The molecule has 1 aromatic heterocycles. The van der Waals surface area contributed by atoms with Crippen LogP contribution < -0.4 is 0 Å². The molecule has 0 aliphatic heterocycles. The van der Waals surface area contributed by atoms with E-state index in [0.717, 1.165) is 22.3 Å². The average Bonchev–Trinajstić information content (AvgIpc) is 3.41. The number of rotatable bonds is 9. The van der Waals surface area contributed by atoms with Crippen molar-refractivity contribution in [2.24, 2.45) is 0 Å². The molecule has 4 heteroatoms. The van der Waals surface area contributed by atoms with Crippen LogP contribution in [0.4, 0.5) is 0 Å². The first kappa shape index (κ1) is 24.0. The van der Waals surface area contributed by atoms with E-state index in [2.05, 4.69) is 0 Å². The lowest BCUT2D eigenvalue weighted by Gasteiger charge is -2.12. The number of hydrogen-bond donors (Lipinski definition) is 0. The molecule has 0 bridgehead atoms. The van der Waals surface area contributed by atoms with Gasteiger partial charge in [-0.2, -0.15) is 0 Å². The van der Waals surface area contributed by atoms with Crippen molar-refractivity contribution in [2.45, 2.75) is 12.3 Å². The Morgan fingerprint density at radius 1 is 0.757 bits per heavy atom. The lowest BCUT2D eigenvalue weighted by Crippen LogP contribution is -2.19. The van der Waals surface area contributed by atoms with Gasteiger partial charge >= 0.3 is 5.97 Å². The number of ether oxygens (including phenoxy) is 1. The van der Waals surface area contributed by atoms with Crippen LogP contribution >= 0.6 is 0 Å². The first-order valence-corrected chi connectivity index (χ1v) is 12.3. The van der Waals surface area contributed by atoms with Crippen molar-refractivity contribution in [3.05, 3.63) is 144 Å². The monoisotopic (exact) mass is 485 g/mol. The average molecular weight is 486 g/mol. The van der Waals surface area contributed by atoms with Crippen LogP contribution in [0.3, 0.4) is 0 Å². The lowest BCUT2D eigenvalue weighted by atomic mass is 9.99. The second-order valence-electron chi connectivity index (χ2n) is 8.65. The predicted octanol–water partition coefficient (Wildman–Crippen LogP) is 7.59. The fourth-order valence-electron chi connectivity index (χ4n) is 4.16. The van der Waals surface area contributed by atoms with Gasteiger partial charge in [0.2, 0.25) is 5.89 Å². The molecule has 1 atom stereocenters. The van der Waals surface area contributed by atoms with Crippen LogP contribution in [0, 0.1) is 0 Å². The van der Waals surface area contributed by atoms with Crippen LogP contribution in [-0.4, -0.2) is 17.6 Å². The summed E-state index contributed by atoms with van der Waals surface area (Å²) in [7, 11) is 0. The molecule has 0 aliphatic rings. The van der Waals surface area contributed by atoms with Crippen LogP contribution in [0.1, 0.15) is 22.9 Å². The van der Waals surface area contributed by atoms with Crippen molar-refractivity contribution >= 4 is 12.0 Å². The van der Waals surface area contributed by atoms with Crippen LogP contribution in [0.5, 0.6) is 0 Å². The number of hydrogen-bond acceptors (Lipinski definition) is 4. The number of benzene rings is 4. The topological polar surface area (TPSA) is 52.3 Å². The molecule has 0 N–H and O–H groups in total. The molecule has 1 heterocycles. The third-order valence-electron chi connectivity index (χ3n) is 6.02. The summed E-state index contributed by atoms with van der Waals surface area (Å²) in [6, 6.07) is 39.5. The van der Waals surface area contributed by atoms with Crippen LogP contribution in [0.15, 0.2) is 132 Å². The molecule has 0 saturated carbocycles. The zero-order valence-corrected chi connectivity index (χ0v) is 20.4. The van der Waals surface area contributed by atoms with Crippen molar-refractivity contribution < 1.29 is 13.9 Å². The number of oxazole rings is 1. The van der Waals surface area contributed by atoms with Crippen molar-refractivity contribution in [1.29, 1.82) is 0 Å². The Balaban J connectivity index is 1.46. The fraction of sp³-hybridized carbons (Fsp3) is 0.0909. The van der Waals surface area contributed by atoms with Crippen molar-refractivity contribution in [3.8, 4) is 22.6 Å². The van der Waals surface area contributed by atoms with Gasteiger partial charge in [-0.25, -0.2) is 4.98 Å². The maximum absolute atomic E-state index is 13.4. The maximum Gasteiger partial charge on any atom is 0.319 e. The molecule has 0 aliphatic carbocycles. The summed E-state index contributed by atoms with van der Waals surface area (Å²) in [6.45, 7) is 0.164. The minimum atomic E-state index is -0.688. The van der Waals surface area contributed by atoms with Gasteiger partial charge in [-0.3, -0.25) is 4.79 Å². The van der Waals surface area contributed by atoms with Gasteiger partial charge in [0.15, 0.2) is 5.76 Å². The van der Waals surface area contributed by atoms with E-state index in [1.807, 2.05) is 133 Å². The minimum Gasteiger partial charge on any atom is -0.461 e. The van der Waals surface area contributed by atoms with E-state index in [1.54, 1.807) is 0 Å². The van der Waals surface area contributed by atoms with Gasteiger partial charge in [-0.15, -0.1) is 0 Å². The van der Waals surface area contributed by atoms with Gasteiger partial charge < -0.3 is 9.15 Å². The highest BCUT2D eigenvalue weighted by Gasteiger charge is 2.30. The fourth-order valence-corrected chi connectivity index (χ4v) is 4.16. The Labute approximate surface area is 216 Å². The Morgan fingerprint density at radius 2 is 1.32 bits per heavy atom. The second-order valence-corrected chi connectivity index (χ2v) is 8.65. The highest BCUT2D eigenvalue weighted by atomic mass is 16.5. The molecule has 0 amide bonds. The standard InChI is InChI=1S/C33H27NO3/c35-33(36-23-13-18-25-14-5-1-6-15-25)29(24-26-16-7-2-8-17-26)32-34-30(27-19-9-3-10-20-27)31(37-32)28-21-11-4-12-22-28/h1-22,29H,23-24H2/b18-13+. The number of carbonyl (C=O) groups is 1. The first-order chi connectivity index (χ1) is 18.3. The molecule has 4 nitrogen and oxygen atoms in total. The van der Waals surface area contributed by atoms with Crippen LogP contribution in [0.2, 0.25) is 0 Å². The van der Waals surface area contributed by atoms with Gasteiger partial charge in [0.25, 0.3) is 0 Å². The summed E-state index contributed by atoms with van der Waals surface area (Å²) in [6.07, 6.45) is 4.20. The maximum atomic E-state index is 13.4. The summed E-state index contributed by atoms with van der Waals surface area (Å²) in [5, 5.41) is 0. The Bertz CT molecular complexity index is 1390. The highest BCUT2D eigenvalue weighted by molar-refractivity contribution is 5.80. The smallest absolute Gasteiger partial charge is 0.319 e. The molecule has 0 fully saturated rings. The van der Waals surface area contributed by atoms with Gasteiger partial charge in [0.05, 0.1) is 0 Å². The molecule has 4 aromatic carbocycles. The zero-order valence-electron chi connectivity index (χ0n) is 20.4. The second kappa shape index (κ2) is 11.8. The molecule has 0 spiro atoms. The third kappa shape index (κ3) is 6.11. The van der Waals surface area contributed by atoms with E-state index in [1.165, 1.54) is 0 Å². The highest BCUT2D eigenvalue weighted by Crippen LogP contribution is 2.35. The third-order valence-corrected chi connectivity index (χ3v) is 6.02. The SMILES string of the molecule is O=C(OC/C=C/c1ccccc1)C(Cc1ccccc1)c1nc(-c2ccccc2)c(-c2ccccc2)o1. The van der Waals surface area contributed by atoms with Crippen molar-refractivity contribution in [1.82, 2.24) is 4.98 Å². The molecule has 0 saturated heterocycles. The summed E-state index contributed by atoms with van der Waals surface area (Å²) < 4.78 is 12.0. The molecular formula is C33H27NO3. The van der Waals surface area contributed by atoms with E-state index in [4.69, 9.17) is 14.1 Å². The quantitative estimate of drug-likeness (QED) is 0.202. The van der Waals surface area contributed by atoms with E-state index in [0.29, 0.717) is 23.8 Å². The molecule has 0 radical (unpaired) electrons. The van der Waals surface area contributed by atoms with Gasteiger partial charge in [-0.05, 0) is 23.6 Å². The molecule has 1 unspecified atom stereocenters. The summed E-state index contributed by atoms with van der Waals surface area (Å²) >= 11 is 0. The van der Waals surface area contributed by atoms with Crippen LogP contribution in [-0.2, 0) is 16.0 Å². The summed E-state index contributed by atoms with van der Waals surface area (Å²) in [5.41, 5.74) is 4.58. The first-order valence-electron chi connectivity index (χ1n) is 12.3. The molecule has 5 rings (SSSR count). The molecule has 37 heavy (non-hydrogen) atoms. The van der Waals surface area contributed by atoms with Crippen molar-refractivity contribution in [2.75, 3.05) is 6.61 Å². The number of esters is 1. The minimum absolute atomic E-state index is 0.164. The van der Waals surface area contributed by atoms with Crippen molar-refractivity contribution in [3.63, 3.8) is 0 Å². The van der Waals surface area contributed by atoms with E-state index >= 15 is 0 Å². The molecule has 5 aromatic rings. The van der Waals surface area contributed by atoms with E-state index in [9.17, 15) is 4.79 Å². The van der Waals surface area contributed by atoms with Crippen LogP contribution in [0.25, 0.3) is 28.7 Å². The predicted molar refractivity (Wildman–Crippen MR) is 147 cm³/mol. The number of aromatic nitrogens is 1. The Morgan fingerprint density at radius 3 is 1.97 bits per heavy atom. The van der Waals surface area contributed by atoms with Gasteiger partial charge in [-0.1, -0.05) is 127 Å². The zero-order chi connectivity index (χ0) is 25.3. The molecule has 182 valence electrons. The van der Waals surface area contributed by atoms with E-state index < -0.39 is 5.92 Å². The largest absolute Gasteiger partial charge is 0.461 e. The Kier molecular flexibility index (Phi) is 7.67. The Hall–Kier alpha value is -4.70. The lowest BCUT2D eigenvalue weighted by molar-refractivity contribution is -0.144. The number of carbonyl (C=O) groups excluding carboxylic acids is 1. The van der Waals surface area contributed by atoms with Gasteiger partial charge in [0, 0.05) is 11.1 Å². The number of nitrogens with zero attached hydrogens (tertiary/aromatic N) is 1. The van der Waals surface area contributed by atoms with E-state index in [-0.39, 0.29) is 12.6 Å². The summed E-state index contributed by atoms with van der Waals surface area (Å²) in [5.74, 6) is -0.0790. The van der Waals surface area contributed by atoms with Gasteiger partial charge in [0.1, 0.15) is 18.2 Å².